The van der Waals surface area contributed by atoms with Crippen LogP contribution < -0.4 is 4.72 Å². The van der Waals surface area contributed by atoms with Crippen molar-refractivity contribution in [2.45, 2.75) is 31.7 Å². The highest BCUT2D eigenvalue weighted by Crippen LogP contribution is 2.23. The first-order valence-corrected chi connectivity index (χ1v) is 10.4. The summed E-state index contributed by atoms with van der Waals surface area (Å²) in [5, 5.41) is 13.1. The van der Waals surface area contributed by atoms with Crippen molar-refractivity contribution < 1.29 is 22.8 Å². The predicted octanol–water partition coefficient (Wildman–Crippen LogP) is 3.10. The molecule has 0 amide bonds. The maximum Gasteiger partial charge on any atom is 0.322 e. The van der Waals surface area contributed by atoms with Gasteiger partial charge in [0.25, 0.3) is 5.89 Å². The molecular weight excluding hydrogens is 394 g/mol. The summed E-state index contributed by atoms with van der Waals surface area (Å²) in [4.78, 5) is 15.6. The summed E-state index contributed by atoms with van der Waals surface area (Å²) < 4.78 is 32.5. The zero-order valence-electron chi connectivity index (χ0n) is 16.2. The molecule has 0 unspecified atom stereocenters. The number of aromatic nitrogens is 2. The van der Waals surface area contributed by atoms with Crippen LogP contribution in [0.1, 0.15) is 19.4 Å². The summed E-state index contributed by atoms with van der Waals surface area (Å²) in [6, 6.07) is 12.3. The van der Waals surface area contributed by atoms with Crippen LogP contribution in [0.3, 0.4) is 0 Å². The van der Waals surface area contributed by atoms with Crippen molar-refractivity contribution >= 4 is 16.0 Å². The van der Waals surface area contributed by atoms with Crippen molar-refractivity contribution in [3.63, 3.8) is 0 Å². The molecular formula is C20H21N3O5S. The Kier molecular flexibility index (Phi) is 5.81. The van der Waals surface area contributed by atoms with Crippen LogP contribution in [0, 0.1) is 12.8 Å². The highest BCUT2D eigenvalue weighted by molar-refractivity contribution is 7.89. The standard InChI is InChI=1S/C20H21N3O5S/c1-12(2)17(20(24)25)23-29(26,27)16-10-8-14(9-11-16)18-21-19(28-22-18)15-6-4-13(3)5-7-15/h4-12,17,23H,1-3H3,(H,24,25)/t17-/m1/s1. The normalized spacial score (nSPS) is 12.8. The fraction of sp³-hybridized carbons (Fsp3) is 0.250. The van der Waals surface area contributed by atoms with Crippen LogP contribution in [0.25, 0.3) is 22.8 Å². The second-order valence-corrected chi connectivity index (χ2v) is 8.71. The summed E-state index contributed by atoms with van der Waals surface area (Å²) in [6.45, 7) is 5.24. The lowest BCUT2D eigenvalue weighted by Gasteiger charge is -2.18. The van der Waals surface area contributed by atoms with Gasteiger partial charge in [-0.15, -0.1) is 0 Å². The molecule has 0 saturated carbocycles. The Labute approximate surface area is 168 Å². The minimum absolute atomic E-state index is 0.0459. The second kappa shape index (κ2) is 8.14. The van der Waals surface area contributed by atoms with Gasteiger partial charge in [0, 0.05) is 11.1 Å². The first-order chi connectivity index (χ1) is 13.7. The smallest absolute Gasteiger partial charge is 0.322 e. The quantitative estimate of drug-likeness (QED) is 0.608. The van der Waals surface area contributed by atoms with E-state index in [-0.39, 0.29) is 4.90 Å². The van der Waals surface area contributed by atoms with E-state index in [1.165, 1.54) is 12.1 Å². The molecule has 3 rings (SSSR count). The summed E-state index contributed by atoms with van der Waals surface area (Å²) in [5.41, 5.74) is 2.47. The van der Waals surface area contributed by atoms with Crippen molar-refractivity contribution in [3.05, 3.63) is 54.1 Å². The van der Waals surface area contributed by atoms with Crippen LogP contribution in [0.5, 0.6) is 0 Å². The highest BCUT2D eigenvalue weighted by atomic mass is 32.2. The SMILES string of the molecule is Cc1ccc(-c2nc(-c3ccc(S(=O)(=O)N[C@@H](C(=O)O)C(C)C)cc3)no2)cc1. The molecule has 0 saturated heterocycles. The molecule has 0 radical (unpaired) electrons. The number of hydrogen-bond acceptors (Lipinski definition) is 6. The number of sulfonamides is 1. The molecule has 9 heteroatoms. The van der Waals surface area contributed by atoms with E-state index < -0.39 is 28.0 Å². The number of hydrogen-bond donors (Lipinski definition) is 2. The lowest BCUT2D eigenvalue weighted by molar-refractivity contribution is -0.140. The average molecular weight is 415 g/mol. The number of aliphatic carboxylic acids is 1. The third-order valence-electron chi connectivity index (χ3n) is 4.36. The number of nitrogens with one attached hydrogen (secondary N) is 1. The number of rotatable bonds is 7. The van der Waals surface area contributed by atoms with Gasteiger partial charge in [-0.05, 0) is 49.2 Å². The third-order valence-corrected chi connectivity index (χ3v) is 5.82. The molecule has 3 aromatic rings. The molecule has 8 nitrogen and oxygen atoms in total. The Balaban J connectivity index is 1.81. The van der Waals surface area contributed by atoms with Crippen molar-refractivity contribution in [1.29, 1.82) is 0 Å². The van der Waals surface area contributed by atoms with Crippen molar-refractivity contribution in [2.75, 3.05) is 0 Å². The predicted molar refractivity (Wildman–Crippen MR) is 106 cm³/mol. The third kappa shape index (κ3) is 4.69. The van der Waals surface area contributed by atoms with Crippen molar-refractivity contribution in [1.82, 2.24) is 14.9 Å². The van der Waals surface area contributed by atoms with Gasteiger partial charge in [-0.1, -0.05) is 36.7 Å². The fourth-order valence-corrected chi connectivity index (χ4v) is 3.98. The summed E-state index contributed by atoms with van der Waals surface area (Å²) >= 11 is 0. The monoisotopic (exact) mass is 415 g/mol. The van der Waals surface area contributed by atoms with E-state index in [9.17, 15) is 18.3 Å². The highest BCUT2D eigenvalue weighted by Gasteiger charge is 2.28. The van der Waals surface area contributed by atoms with Crippen molar-refractivity contribution in [2.24, 2.45) is 5.92 Å². The largest absolute Gasteiger partial charge is 0.480 e. The van der Waals surface area contributed by atoms with Crippen LogP contribution in [0.15, 0.2) is 57.9 Å². The minimum Gasteiger partial charge on any atom is -0.480 e. The van der Waals surface area contributed by atoms with E-state index in [0.29, 0.717) is 17.3 Å². The van der Waals surface area contributed by atoms with Gasteiger partial charge >= 0.3 is 5.97 Å². The van der Waals surface area contributed by atoms with E-state index in [1.807, 2.05) is 31.2 Å². The van der Waals surface area contributed by atoms with Crippen LogP contribution in [-0.2, 0) is 14.8 Å². The lowest BCUT2D eigenvalue weighted by Crippen LogP contribution is -2.44. The Morgan fingerprint density at radius 1 is 1.03 bits per heavy atom. The number of nitrogens with zero attached hydrogens (tertiary/aromatic N) is 2. The molecule has 2 aromatic carbocycles. The van der Waals surface area contributed by atoms with Crippen LogP contribution in [-0.4, -0.2) is 35.7 Å². The van der Waals surface area contributed by atoms with E-state index in [2.05, 4.69) is 14.9 Å². The summed E-state index contributed by atoms with van der Waals surface area (Å²) in [5.74, 6) is -0.945. The van der Waals surface area contributed by atoms with Gasteiger partial charge in [-0.2, -0.15) is 9.71 Å². The minimum atomic E-state index is -3.99. The Bertz CT molecular complexity index is 1100. The molecule has 0 aliphatic carbocycles. The van der Waals surface area contributed by atoms with Gasteiger partial charge in [-0.3, -0.25) is 4.79 Å². The summed E-state index contributed by atoms with van der Waals surface area (Å²) in [7, 11) is -3.99. The molecule has 152 valence electrons. The molecule has 0 spiro atoms. The Morgan fingerprint density at radius 2 is 1.62 bits per heavy atom. The zero-order chi connectivity index (χ0) is 21.2. The molecule has 0 bridgehead atoms. The molecule has 0 aliphatic rings. The van der Waals surface area contributed by atoms with E-state index >= 15 is 0 Å². The zero-order valence-corrected chi connectivity index (χ0v) is 17.0. The number of carboxylic acids is 1. The van der Waals surface area contributed by atoms with Crippen LogP contribution in [0.2, 0.25) is 0 Å². The number of carboxylic acid groups (broad SMARTS) is 1. The molecule has 1 atom stereocenters. The van der Waals surface area contributed by atoms with Gasteiger partial charge in [0.15, 0.2) is 0 Å². The van der Waals surface area contributed by atoms with Crippen molar-refractivity contribution in [3.8, 4) is 22.8 Å². The van der Waals surface area contributed by atoms with E-state index in [4.69, 9.17) is 4.52 Å². The molecule has 0 aliphatic heterocycles. The van der Waals surface area contributed by atoms with Crippen LogP contribution in [0.4, 0.5) is 0 Å². The fourth-order valence-electron chi connectivity index (χ4n) is 2.64. The number of benzene rings is 2. The molecule has 1 heterocycles. The molecule has 2 N–H and O–H groups in total. The first kappa shape index (κ1) is 20.7. The maximum absolute atomic E-state index is 12.5. The number of carbonyl (C=O) groups is 1. The summed E-state index contributed by atoms with van der Waals surface area (Å²) in [6.07, 6.45) is 0. The van der Waals surface area contributed by atoms with Gasteiger partial charge in [0.05, 0.1) is 4.90 Å². The molecule has 29 heavy (non-hydrogen) atoms. The van der Waals surface area contributed by atoms with Gasteiger partial charge in [0.2, 0.25) is 15.8 Å². The molecule has 1 aromatic heterocycles. The average Bonchev–Trinajstić information content (AvgIpc) is 3.16. The topological polar surface area (TPSA) is 122 Å². The molecule has 0 fully saturated rings. The lowest BCUT2D eigenvalue weighted by atomic mass is 10.1. The Morgan fingerprint density at radius 3 is 2.17 bits per heavy atom. The Hall–Kier alpha value is -3.04. The van der Waals surface area contributed by atoms with Gasteiger partial charge in [0.1, 0.15) is 6.04 Å². The maximum atomic E-state index is 12.5. The van der Waals surface area contributed by atoms with Crippen LogP contribution >= 0.6 is 0 Å². The van der Waals surface area contributed by atoms with E-state index in [1.54, 1.807) is 26.0 Å². The van der Waals surface area contributed by atoms with E-state index in [0.717, 1.165) is 11.1 Å². The van der Waals surface area contributed by atoms with Gasteiger partial charge < -0.3 is 9.63 Å². The number of aryl methyl sites for hydroxylation is 1. The second-order valence-electron chi connectivity index (χ2n) is 6.99. The first-order valence-electron chi connectivity index (χ1n) is 8.93. The van der Waals surface area contributed by atoms with Gasteiger partial charge in [-0.25, -0.2) is 8.42 Å².